The van der Waals surface area contributed by atoms with E-state index in [0.29, 0.717) is 35.7 Å². The quantitative estimate of drug-likeness (QED) is 0.314. The van der Waals surface area contributed by atoms with E-state index < -0.39 is 41.4 Å². The second kappa shape index (κ2) is 11.0. The lowest BCUT2D eigenvalue weighted by Gasteiger charge is -2.38. The average molecular weight is 550 g/mol. The molecule has 3 aromatic rings. The molecular weight excluding hydrogens is 520 g/mol. The van der Waals surface area contributed by atoms with E-state index >= 15 is 0 Å². The van der Waals surface area contributed by atoms with Gasteiger partial charge in [-0.1, -0.05) is 49.4 Å². The smallest absolute Gasteiger partial charge is 0.416 e. The monoisotopic (exact) mass is 549 g/mol. The molecule has 1 fully saturated rings. The van der Waals surface area contributed by atoms with Crippen molar-refractivity contribution in [2.75, 3.05) is 13.1 Å². The van der Waals surface area contributed by atoms with Gasteiger partial charge in [0.1, 0.15) is 0 Å². The molecule has 9 heteroatoms. The summed E-state index contributed by atoms with van der Waals surface area (Å²) in [5, 5.41) is 9.60. The van der Waals surface area contributed by atoms with Crippen molar-refractivity contribution in [2.24, 2.45) is 5.92 Å². The molecule has 0 saturated carbocycles. The molecule has 1 aliphatic rings. The van der Waals surface area contributed by atoms with Gasteiger partial charge in [0.2, 0.25) is 0 Å². The fourth-order valence-electron chi connectivity index (χ4n) is 5.19. The van der Waals surface area contributed by atoms with E-state index in [9.17, 15) is 36.2 Å². The second-order valence-electron chi connectivity index (χ2n) is 10.2. The maximum Gasteiger partial charge on any atom is 0.416 e. The second-order valence-corrected chi connectivity index (χ2v) is 10.2. The Balaban J connectivity index is 2.01. The van der Waals surface area contributed by atoms with Gasteiger partial charge in [0.15, 0.2) is 0 Å². The van der Waals surface area contributed by atoms with Crippen molar-refractivity contribution >= 4 is 5.97 Å². The Bertz CT molecular complexity index is 1290. The number of rotatable bonds is 6. The van der Waals surface area contributed by atoms with E-state index in [2.05, 4.69) is 6.92 Å². The number of carbonyl (C=O) groups is 1. The number of aliphatic carboxylic acids is 1. The first-order valence-electron chi connectivity index (χ1n) is 12.7. The molecule has 3 aromatic carbocycles. The highest BCUT2D eigenvalue weighted by molar-refractivity contribution is 5.79. The largest absolute Gasteiger partial charge is 0.481 e. The van der Waals surface area contributed by atoms with Crippen LogP contribution in [0.1, 0.15) is 66.5 Å². The minimum atomic E-state index is -4.84. The van der Waals surface area contributed by atoms with E-state index in [1.165, 1.54) is 25.1 Å². The number of halogens is 6. The summed E-state index contributed by atoms with van der Waals surface area (Å²) in [6.07, 6.45) is -7.82. The average Bonchev–Trinajstić information content (AvgIpc) is 2.89. The highest BCUT2D eigenvalue weighted by Crippen LogP contribution is 2.45. The molecule has 0 radical (unpaired) electrons. The van der Waals surface area contributed by atoms with Gasteiger partial charge in [0.05, 0.1) is 23.1 Å². The summed E-state index contributed by atoms with van der Waals surface area (Å²) < 4.78 is 83.1. The van der Waals surface area contributed by atoms with Crippen molar-refractivity contribution in [3.63, 3.8) is 0 Å². The molecule has 2 atom stereocenters. The number of carboxylic acids is 1. The molecule has 0 bridgehead atoms. The topological polar surface area (TPSA) is 40.5 Å². The fourth-order valence-corrected chi connectivity index (χ4v) is 5.19. The van der Waals surface area contributed by atoms with Gasteiger partial charge in [-0.15, -0.1) is 0 Å². The zero-order chi connectivity index (χ0) is 28.5. The summed E-state index contributed by atoms with van der Waals surface area (Å²) in [5.41, 5.74) is -0.573. The predicted octanol–water partition coefficient (Wildman–Crippen LogP) is 8.40. The molecule has 1 N–H and O–H groups in total. The number of alkyl halides is 6. The molecule has 0 spiro atoms. The van der Waals surface area contributed by atoms with Gasteiger partial charge in [-0.25, -0.2) is 0 Å². The van der Waals surface area contributed by atoms with Crippen LogP contribution in [-0.2, 0) is 17.1 Å². The summed E-state index contributed by atoms with van der Waals surface area (Å²) in [5.74, 6) is -2.41. The van der Waals surface area contributed by atoms with Crippen LogP contribution in [0.2, 0.25) is 0 Å². The molecule has 39 heavy (non-hydrogen) atoms. The van der Waals surface area contributed by atoms with Crippen LogP contribution in [0, 0.1) is 5.92 Å². The number of likely N-dealkylation sites (tertiary alicyclic amines) is 1. The van der Waals surface area contributed by atoms with Gasteiger partial charge in [-0.2, -0.15) is 26.3 Å². The highest BCUT2D eigenvalue weighted by Gasteiger charge is 2.39. The van der Waals surface area contributed by atoms with Crippen LogP contribution in [0.25, 0.3) is 11.1 Å². The third kappa shape index (κ3) is 6.30. The normalized spacial score (nSPS) is 17.1. The molecule has 0 aliphatic carbocycles. The lowest BCUT2D eigenvalue weighted by Crippen LogP contribution is -2.37. The lowest BCUT2D eigenvalue weighted by molar-refractivity contribution is -0.141. The van der Waals surface area contributed by atoms with Gasteiger partial charge in [0.25, 0.3) is 0 Å². The van der Waals surface area contributed by atoms with Crippen molar-refractivity contribution in [1.29, 1.82) is 0 Å². The predicted molar refractivity (Wildman–Crippen MR) is 136 cm³/mol. The number of hydrogen-bond donors (Lipinski definition) is 1. The van der Waals surface area contributed by atoms with E-state index in [-0.39, 0.29) is 11.1 Å². The third-order valence-electron chi connectivity index (χ3n) is 7.48. The molecular formula is C30H29F6NO2. The van der Waals surface area contributed by atoms with Crippen molar-refractivity contribution in [3.8, 4) is 11.1 Å². The van der Waals surface area contributed by atoms with Crippen molar-refractivity contribution < 1.29 is 36.2 Å². The first-order valence-corrected chi connectivity index (χ1v) is 12.7. The molecule has 1 saturated heterocycles. The molecule has 4 rings (SSSR count). The SMILES string of the molecule is CC1CCN([C@H](c2ccc(C(F)(F)F)cc2)c2cc(C(F)(F)F)c([C@@H](C)C(=O)O)cc2-c2ccccc2)CC1. The number of piperidine rings is 1. The number of nitrogens with zero attached hydrogens (tertiary/aromatic N) is 1. The van der Waals surface area contributed by atoms with Crippen molar-refractivity contribution in [3.05, 3.63) is 94.5 Å². The minimum absolute atomic E-state index is 0.268. The standard InChI is InChI=1S/C30H29F6NO2/c1-18-12-14-37(15-13-18)27(21-8-10-22(11-9-21)29(31,32)33)25-17-26(30(34,35)36)23(19(2)28(38)39)16-24(25)20-6-4-3-5-7-20/h3-11,16-19,27H,12-15H2,1-2H3,(H,38,39)/t19-,27-/m1/s1. The third-order valence-corrected chi connectivity index (χ3v) is 7.48. The summed E-state index contributed by atoms with van der Waals surface area (Å²) in [6.45, 7) is 4.40. The van der Waals surface area contributed by atoms with Crippen LogP contribution in [-0.4, -0.2) is 29.1 Å². The lowest BCUT2D eigenvalue weighted by atomic mass is 9.83. The Morgan fingerprint density at radius 2 is 1.46 bits per heavy atom. The van der Waals surface area contributed by atoms with Crippen LogP contribution in [0.15, 0.2) is 66.7 Å². The van der Waals surface area contributed by atoms with Gasteiger partial charge in [-0.05, 0) is 90.9 Å². The first kappa shape index (κ1) is 28.7. The maximum atomic E-state index is 14.4. The van der Waals surface area contributed by atoms with Crippen molar-refractivity contribution in [2.45, 2.75) is 51.0 Å². The van der Waals surface area contributed by atoms with E-state index in [1.54, 1.807) is 30.3 Å². The van der Waals surface area contributed by atoms with Crippen LogP contribution < -0.4 is 0 Å². The molecule has 0 unspecified atom stereocenters. The summed E-state index contributed by atoms with van der Waals surface area (Å²) in [7, 11) is 0. The molecule has 0 aromatic heterocycles. The zero-order valence-corrected chi connectivity index (χ0v) is 21.5. The zero-order valence-electron chi connectivity index (χ0n) is 21.5. The van der Waals surface area contributed by atoms with Crippen LogP contribution in [0.5, 0.6) is 0 Å². The Labute approximate surface area is 223 Å². The first-order chi connectivity index (χ1) is 18.3. The van der Waals surface area contributed by atoms with Gasteiger partial charge in [0, 0.05) is 0 Å². The van der Waals surface area contributed by atoms with E-state index in [0.717, 1.165) is 31.0 Å². The Morgan fingerprint density at radius 1 is 0.872 bits per heavy atom. The van der Waals surface area contributed by atoms with Crippen LogP contribution in [0.3, 0.4) is 0 Å². The molecule has 3 nitrogen and oxygen atoms in total. The van der Waals surface area contributed by atoms with Gasteiger partial charge >= 0.3 is 18.3 Å². The highest BCUT2D eigenvalue weighted by atomic mass is 19.4. The minimum Gasteiger partial charge on any atom is -0.481 e. The Hall–Kier alpha value is -3.33. The van der Waals surface area contributed by atoms with Crippen LogP contribution >= 0.6 is 0 Å². The molecule has 0 amide bonds. The van der Waals surface area contributed by atoms with Gasteiger partial charge < -0.3 is 5.11 Å². The Morgan fingerprint density at radius 3 is 1.97 bits per heavy atom. The summed E-state index contributed by atoms with van der Waals surface area (Å²) >= 11 is 0. The summed E-state index contributed by atoms with van der Waals surface area (Å²) in [6, 6.07) is 14.7. The maximum absolute atomic E-state index is 14.4. The number of carboxylic acid groups (broad SMARTS) is 1. The summed E-state index contributed by atoms with van der Waals surface area (Å²) in [4.78, 5) is 13.8. The van der Waals surface area contributed by atoms with E-state index in [4.69, 9.17) is 0 Å². The van der Waals surface area contributed by atoms with Crippen LogP contribution in [0.4, 0.5) is 26.3 Å². The van der Waals surface area contributed by atoms with E-state index in [1.807, 2.05) is 4.90 Å². The van der Waals surface area contributed by atoms with Crippen molar-refractivity contribution in [1.82, 2.24) is 4.90 Å². The number of benzene rings is 3. The molecule has 1 aliphatic heterocycles. The fraction of sp³-hybridized carbons (Fsp3) is 0.367. The molecule has 208 valence electrons. The Kier molecular flexibility index (Phi) is 8.12. The number of hydrogen-bond acceptors (Lipinski definition) is 2. The van der Waals surface area contributed by atoms with Gasteiger partial charge in [-0.3, -0.25) is 9.69 Å². The molecule has 1 heterocycles.